The normalized spacial score (nSPS) is 12.9. The number of para-hydroxylation sites is 2. The first-order valence-electron chi connectivity index (χ1n) is 9.37. The Balaban J connectivity index is 1.66. The molecule has 0 saturated heterocycles. The van der Waals surface area contributed by atoms with Gasteiger partial charge in [0.15, 0.2) is 0 Å². The summed E-state index contributed by atoms with van der Waals surface area (Å²) < 4.78 is 2.28. The van der Waals surface area contributed by atoms with Crippen LogP contribution in [0.25, 0.3) is 33.8 Å². The fourth-order valence-corrected chi connectivity index (χ4v) is 4.13. The van der Waals surface area contributed by atoms with Crippen molar-refractivity contribution in [2.45, 2.75) is 12.8 Å². The van der Waals surface area contributed by atoms with Gasteiger partial charge in [0, 0.05) is 22.8 Å². The van der Waals surface area contributed by atoms with E-state index in [9.17, 15) is 10.1 Å². The molecule has 0 atom stereocenters. The molecule has 1 aromatic heterocycles. The lowest BCUT2D eigenvalue weighted by molar-refractivity contribution is -0.384. The fourth-order valence-electron chi connectivity index (χ4n) is 4.13. The van der Waals surface area contributed by atoms with Crippen LogP contribution >= 0.6 is 0 Å². The van der Waals surface area contributed by atoms with Crippen LogP contribution in [0.4, 0.5) is 5.69 Å². The van der Waals surface area contributed by atoms with Gasteiger partial charge in [0.05, 0.1) is 16.0 Å². The molecule has 0 radical (unpaired) electrons. The van der Waals surface area contributed by atoms with Crippen molar-refractivity contribution in [3.8, 4) is 16.8 Å². The summed E-state index contributed by atoms with van der Waals surface area (Å²) in [6, 6.07) is 23.4. The Morgan fingerprint density at radius 2 is 1.64 bits per heavy atom. The minimum atomic E-state index is -0.329. The van der Waals surface area contributed by atoms with E-state index in [2.05, 4.69) is 41.0 Å². The van der Waals surface area contributed by atoms with Crippen LogP contribution in [0.5, 0.6) is 0 Å². The maximum absolute atomic E-state index is 11.3. The Morgan fingerprint density at radius 3 is 2.46 bits per heavy atom. The molecule has 1 heterocycles. The molecule has 0 spiro atoms. The number of benzene rings is 3. The summed E-state index contributed by atoms with van der Waals surface area (Å²) >= 11 is 0. The number of allylic oxidation sites excluding steroid dienone is 1. The molecule has 0 fully saturated rings. The summed E-state index contributed by atoms with van der Waals surface area (Å²) in [6.07, 6.45) is 6.54. The highest BCUT2D eigenvalue weighted by Crippen LogP contribution is 2.35. The van der Waals surface area contributed by atoms with Crippen molar-refractivity contribution in [3.05, 3.63) is 100 Å². The van der Waals surface area contributed by atoms with Gasteiger partial charge < -0.3 is 4.57 Å². The van der Waals surface area contributed by atoms with Gasteiger partial charge in [-0.25, -0.2) is 0 Å². The molecule has 0 N–H and O–H groups in total. The standard InChI is InChI=1S/C24H18N2O2/c27-26(28)24-12-6-1-7-19(24)17-13-15-18(16-14-17)25-22-10-4-2-8-20(22)21-9-3-5-11-23(21)25/h1-2,4-8,10-16H,3,9H2. The number of aromatic nitrogens is 1. The molecule has 0 bridgehead atoms. The summed E-state index contributed by atoms with van der Waals surface area (Å²) in [5, 5.41) is 12.6. The minimum absolute atomic E-state index is 0.127. The van der Waals surface area contributed by atoms with Gasteiger partial charge in [-0.05, 0) is 54.3 Å². The predicted molar refractivity (Wildman–Crippen MR) is 113 cm³/mol. The molecular weight excluding hydrogens is 348 g/mol. The molecule has 5 rings (SSSR count). The first-order chi connectivity index (χ1) is 13.7. The summed E-state index contributed by atoms with van der Waals surface area (Å²) in [5.41, 5.74) is 6.48. The zero-order valence-corrected chi connectivity index (χ0v) is 15.2. The van der Waals surface area contributed by atoms with E-state index in [1.54, 1.807) is 18.2 Å². The second-order valence-electron chi connectivity index (χ2n) is 6.98. The Kier molecular flexibility index (Phi) is 3.83. The van der Waals surface area contributed by atoms with Crippen LogP contribution in [0, 0.1) is 10.1 Å². The number of nitrogens with zero attached hydrogens (tertiary/aromatic N) is 2. The van der Waals surface area contributed by atoms with Gasteiger partial charge in [-0.2, -0.15) is 0 Å². The number of nitro groups is 1. The summed E-state index contributed by atoms with van der Waals surface area (Å²) in [7, 11) is 0. The second-order valence-corrected chi connectivity index (χ2v) is 6.98. The molecule has 4 nitrogen and oxygen atoms in total. The Morgan fingerprint density at radius 1 is 0.893 bits per heavy atom. The molecule has 0 saturated carbocycles. The van der Waals surface area contributed by atoms with E-state index >= 15 is 0 Å². The third kappa shape index (κ3) is 2.54. The quantitative estimate of drug-likeness (QED) is 0.322. The monoisotopic (exact) mass is 366 g/mol. The average molecular weight is 366 g/mol. The maximum atomic E-state index is 11.3. The van der Waals surface area contributed by atoms with Crippen LogP contribution < -0.4 is 0 Å². The topological polar surface area (TPSA) is 48.1 Å². The van der Waals surface area contributed by atoms with Crippen molar-refractivity contribution in [1.29, 1.82) is 0 Å². The summed E-state index contributed by atoms with van der Waals surface area (Å²) in [5.74, 6) is 0. The van der Waals surface area contributed by atoms with Gasteiger partial charge in [-0.1, -0.05) is 48.5 Å². The first kappa shape index (κ1) is 16.5. The van der Waals surface area contributed by atoms with Crippen molar-refractivity contribution in [3.63, 3.8) is 0 Å². The molecule has 4 aromatic rings. The van der Waals surface area contributed by atoms with Crippen molar-refractivity contribution in [1.82, 2.24) is 4.57 Å². The number of fused-ring (bicyclic) bond motifs is 3. The number of rotatable bonds is 3. The predicted octanol–water partition coefficient (Wildman–Crippen LogP) is 6.17. The molecule has 0 amide bonds. The van der Waals surface area contributed by atoms with Crippen LogP contribution in [-0.2, 0) is 6.42 Å². The van der Waals surface area contributed by atoms with Crippen LogP contribution in [0.15, 0.2) is 78.9 Å². The Labute approximate surface area is 162 Å². The second kappa shape index (κ2) is 6.50. The van der Waals surface area contributed by atoms with E-state index in [1.165, 1.54) is 22.2 Å². The van der Waals surface area contributed by atoms with Crippen molar-refractivity contribution in [2.24, 2.45) is 0 Å². The SMILES string of the molecule is O=[N+]([O-])c1ccccc1-c1ccc(-n2c3c(c4ccccc42)CCC=C3)cc1. The zero-order chi connectivity index (χ0) is 19.1. The van der Waals surface area contributed by atoms with Gasteiger partial charge in [0.1, 0.15) is 0 Å². The third-order valence-electron chi connectivity index (χ3n) is 5.39. The van der Waals surface area contributed by atoms with Crippen molar-refractivity contribution < 1.29 is 4.92 Å². The average Bonchev–Trinajstić information content (AvgIpc) is 3.08. The van der Waals surface area contributed by atoms with E-state index in [-0.39, 0.29) is 10.6 Å². The van der Waals surface area contributed by atoms with Gasteiger partial charge >= 0.3 is 0 Å². The lowest BCUT2D eigenvalue weighted by atomic mass is 10.0. The molecule has 0 unspecified atom stereocenters. The molecule has 28 heavy (non-hydrogen) atoms. The van der Waals surface area contributed by atoms with Gasteiger partial charge in [0.25, 0.3) is 5.69 Å². The first-order valence-corrected chi connectivity index (χ1v) is 9.37. The Bertz CT molecular complexity index is 1230. The highest BCUT2D eigenvalue weighted by Gasteiger charge is 2.18. The molecule has 3 aromatic carbocycles. The molecular formula is C24H18N2O2. The summed E-state index contributed by atoms with van der Waals surface area (Å²) in [6.45, 7) is 0. The Hall–Kier alpha value is -3.66. The van der Waals surface area contributed by atoms with Crippen LogP contribution in [0.1, 0.15) is 17.7 Å². The van der Waals surface area contributed by atoms with Crippen LogP contribution in [-0.4, -0.2) is 9.49 Å². The number of hydrogen-bond donors (Lipinski definition) is 0. The van der Waals surface area contributed by atoms with E-state index in [1.807, 2.05) is 30.3 Å². The lowest BCUT2D eigenvalue weighted by Crippen LogP contribution is -2.00. The lowest BCUT2D eigenvalue weighted by Gasteiger charge is -2.12. The van der Waals surface area contributed by atoms with E-state index in [0.717, 1.165) is 24.1 Å². The van der Waals surface area contributed by atoms with Crippen molar-refractivity contribution in [2.75, 3.05) is 0 Å². The molecule has 0 aliphatic heterocycles. The van der Waals surface area contributed by atoms with E-state index in [0.29, 0.717) is 5.56 Å². The molecule has 4 heteroatoms. The number of nitro benzene ring substituents is 1. The number of hydrogen-bond acceptors (Lipinski definition) is 2. The van der Waals surface area contributed by atoms with Gasteiger partial charge in [0.2, 0.25) is 0 Å². The zero-order valence-electron chi connectivity index (χ0n) is 15.2. The molecule has 136 valence electrons. The smallest absolute Gasteiger partial charge is 0.277 e. The number of aryl methyl sites for hydroxylation is 1. The maximum Gasteiger partial charge on any atom is 0.277 e. The largest absolute Gasteiger partial charge is 0.310 e. The van der Waals surface area contributed by atoms with E-state index < -0.39 is 0 Å². The van der Waals surface area contributed by atoms with Gasteiger partial charge in [-0.3, -0.25) is 10.1 Å². The van der Waals surface area contributed by atoms with Crippen LogP contribution in [0.2, 0.25) is 0 Å². The van der Waals surface area contributed by atoms with Gasteiger partial charge in [-0.15, -0.1) is 0 Å². The van der Waals surface area contributed by atoms with Crippen LogP contribution in [0.3, 0.4) is 0 Å². The van der Waals surface area contributed by atoms with Crippen molar-refractivity contribution >= 4 is 22.7 Å². The van der Waals surface area contributed by atoms with E-state index in [4.69, 9.17) is 0 Å². The third-order valence-corrected chi connectivity index (χ3v) is 5.39. The molecule has 1 aliphatic rings. The highest BCUT2D eigenvalue weighted by molar-refractivity contribution is 5.90. The highest BCUT2D eigenvalue weighted by atomic mass is 16.6. The minimum Gasteiger partial charge on any atom is -0.310 e. The fraction of sp³-hybridized carbons (Fsp3) is 0.0833. The molecule has 1 aliphatic carbocycles. The summed E-state index contributed by atoms with van der Waals surface area (Å²) in [4.78, 5) is 11.0.